The van der Waals surface area contributed by atoms with E-state index >= 15 is 0 Å². The third kappa shape index (κ3) is 6.45. The number of hydrogen-bond acceptors (Lipinski definition) is 4. The van der Waals surface area contributed by atoms with Crippen LogP contribution in [-0.4, -0.2) is 25.1 Å². The van der Waals surface area contributed by atoms with Crippen LogP contribution in [0.3, 0.4) is 0 Å². The van der Waals surface area contributed by atoms with Crippen molar-refractivity contribution in [1.29, 1.82) is 0 Å². The van der Waals surface area contributed by atoms with Crippen molar-refractivity contribution in [2.45, 2.75) is 51.6 Å². The predicted octanol–water partition coefficient (Wildman–Crippen LogP) is 6.69. The van der Waals surface area contributed by atoms with Gasteiger partial charge in [-0.05, 0) is 41.5 Å². The molecule has 4 heteroatoms. The highest BCUT2D eigenvalue weighted by Gasteiger charge is 2.48. The Morgan fingerprint density at radius 3 is 1.76 bits per heavy atom. The molecule has 0 aliphatic heterocycles. The lowest BCUT2D eigenvalue weighted by Gasteiger charge is -2.40. The summed E-state index contributed by atoms with van der Waals surface area (Å²) >= 11 is 0. The molecule has 192 valence electrons. The van der Waals surface area contributed by atoms with Gasteiger partial charge in [0.15, 0.2) is 0 Å². The zero-order valence-corrected chi connectivity index (χ0v) is 21.4. The van der Waals surface area contributed by atoms with Crippen molar-refractivity contribution in [2.75, 3.05) is 13.2 Å². The molecule has 0 aromatic heterocycles. The Morgan fingerprint density at radius 1 is 0.703 bits per heavy atom. The van der Waals surface area contributed by atoms with Crippen LogP contribution in [0, 0.1) is 11.3 Å². The largest absolute Gasteiger partial charge is 0.376 e. The molecule has 5 rings (SSSR count). The van der Waals surface area contributed by atoms with Crippen LogP contribution in [0.5, 0.6) is 0 Å². The lowest BCUT2D eigenvalue weighted by molar-refractivity contribution is -0.127. The minimum Gasteiger partial charge on any atom is -0.376 e. The molecule has 2 bridgehead atoms. The van der Waals surface area contributed by atoms with Crippen LogP contribution >= 0.6 is 0 Å². The molecule has 1 fully saturated rings. The normalized spacial score (nSPS) is 20.8. The molecule has 4 nitrogen and oxygen atoms in total. The Labute approximate surface area is 220 Å². The minimum atomic E-state index is -0.407. The SMILES string of the molecule is O=C1CCC(COCc2ccccc2)(COCc2ccccc2)C2=CCC[C@@H]1[C@H]2OCc1ccccc1. The van der Waals surface area contributed by atoms with E-state index in [0.29, 0.717) is 51.7 Å². The van der Waals surface area contributed by atoms with E-state index in [4.69, 9.17) is 14.2 Å². The summed E-state index contributed by atoms with van der Waals surface area (Å²) in [4.78, 5) is 13.3. The number of fused-ring (bicyclic) bond motifs is 2. The summed E-state index contributed by atoms with van der Waals surface area (Å²) in [5.74, 6) is 0.200. The first-order valence-corrected chi connectivity index (χ1v) is 13.4. The molecule has 0 saturated heterocycles. The van der Waals surface area contributed by atoms with Gasteiger partial charge in [-0.2, -0.15) is 0 Å². The van der Waals surface area contributed by atoms with Crippen molar-refractivity contribution in [1.82, 2.24) is 0 Å². The molecule has 37 heavy (non-hydrogen) atoms. The van der Waals surface area contributed by atoms with Crippen molar-refractivity contribution in [3.8, 4) is 0 Å². The van der Waals surface area contributed by atoms with Gasteiger partial charge in [-0.15, -0.1) is 0 Å². The molecule has 0 spiro atoms. The summed E-state index contributed by atoms with van der Waals surface area (Å²) in [6, 6.07) is 30.7. The van der Waals surface area contributed by atoms with E-state index in [1.54, 1.807) is 0 Å². The van der Waals surface area contributed by atoms with Crippen LogP contribution in [-0.2, 0) is 38.8 Å². The number of ketones is 1. The maximum Gasteiger partial charge on any atom is 0.138 e. The summed E-state index contributed by atoms with van der Waals surface area (Å²) in [7, 11) is 0. The van der Waals surface area contributed by atoms with Gasteiger partial charge in [-0.1, -0.05) is 97.1 Å². The Bertz CT molecular complexity index is 1110. The zero-order chi connectivity index (χ0) is 25.3. The lowest BCUT2D eigenvalue weighted by atomic mass is 9.72. The van der Waals surface area contributed by atoms with Gasteiger partial charge in [0.1, 0.15) is 5.78 Å². The van der Waals surface area contributed by atoms with E-state index in [1.165, 1.54) is 5.57 Å². The quantitative estimate of drug-likeness (QED) is 0.277. The van der Waals surface area contributed by atoms with E-state index in [2.05, 4.69) is 42.5 Å². The second-order valence-electron chi connectivity index (χ2n) is 10.3. The fourth-order valence-corrected chi connectivity index (χ4v) is 5.64. The Morgan fingerprint density at radius 2 is 1.22 bits per heavy atom. The molecule has 0 N–H and O–H groups in total. The molecule has 1 saturated carbocycles. The number of allylic oxidation sites excluding steroid dienone is 1. The summed E-state index contributed by atoms with van der Waals surface area (Å²) < 4.78 is 19.3. The first-order chi connectivity index (χ1) is 18.2. The van der Waals surface area contributed by atoms with Gasteiger partial charge < -0.3 is 14.2 Å². The average molecular weight is 497 g/mol. The van der Waals surface area contributed by atoms with E-state index in [-0.39, 0.29) is 12.0 Å². The second kappa shape index (κ2) is 12.5. The Kier molecular flexibility index (Phi) is 8.62. The van der Waals surface area contributed by atoms with Crippen LogP contribution < -0.4 is 0 Å². The van der Waals surface area contributed by atoms with Gasteiger partial charge in [0, 0.05) is 17.8 Å². The van der Waals surface area contributed by atoms with Crippen molar-refractivity contribution in [3.63, 3.8) is 0 Å². The molecule has 2 atom stereocenters. The number of Topliss-reactive ketones (excluding diaryl/α,β-unsaturated/α-hetero) is 1. The number of carbonyl (C=O) groups excluding carboxylic acids is 1. The smallest absolute Gasteiger partial charge is 0.138 e. The summed E-state index contributed by atoms with van der Waals surface area (Å²) in [6.07, 6.45) is 5.02. The first-order valence-electron chi connectivity index (χ1n) is 13.4. The zero-order valence-electron chi connectivity index (χ0n) is 21.4. The van der Waals surface area contributed by atoms with Gasteiger partial charge in [0.25, 0.3) is 0 Å². The standard InChI is InChI=1S/C33H36O4/c34-31-19-20-33(24-35-21-26-11-4-1-5-12-26,25-36-22-27-13-6-2-7-14-27)30-18-10-17-29(31)32(30)37-23-28-15-8-3-9-16-28/h1-9,11-16,18,29,32H,10,17,19-25H2/t29-,32+/m0/s1. The highest BCUT2D eigenvalue weighted by atomic mass is 16.5. The second-order valence-corrected chi connectivity index (χ2v) is 10.3. The van der Waals surface area contributed by atoms with Gasteiger partial charge in [0.05, 0.1) is 39.1 Å². The van der Waals surface area contributed by atoms with E-state index in [0.717, 1.165) is 29.5 Å². The summed E-state index contributed by atoms with van der Waals surface area (Å²) in [6.45, 7) is 2.53. The van der Waals surface area contributed by atoms with Crippen molar-refractivity contribution in [2.24, 2.45) is 11.3 Å². The van der Waals surface area contributed by atoms with Crippen LogP contribution in [0.15, 0.2) is 103 Å². The number of hydrogen-bond donors (Lipinski definition) is 0. The average Bonchev–Trinajstić information content (AvgIpc) is 3.00. The topological polar surface area (TPSA) is 44.8 Å². The fourth-order valence-electron chi connectivity index (χ4n) is 5.64. The molecular weight excluding hydrogens is 460 g/mol. The summed E-state index contributed by atoms with van der Waals surface area (Å²) in [5, 5.41) is 0. The molecule has 0 amide bonds. The van der Waals surface area contributed by atoms with Crippen LogP contribution in [0.1, 0.15) is 42.4 Å². The van der Waals surface area contributed by atoms with Crippen molar-refractivity contribution < 1.29 is 19.0 Å². The van der Waals surface area contributed by atoms with E-state index < -0.39 is 5.41 Å². The van der Waals surface area contributed by atoms with Crippen molar-refractivity contribution in [3.05, 3.63) is 119 Å². The van der Waals surface area contributed by atoms with E-state index in [1.807, 2.05) is 54.6 Å². The summed E-state index contributed by atoms with van der Waals surface area (Å²) in [5.41, 5.74) is 4.17. The number of benzene rings is 3. The fraction of sp³-hybridized carbons (Fsp3) is 0.364. The number of rotatable bonds is 11. The van der Waals surface area contributed by atoms with Gasteiger partial charge >= 0.3 is 0 Å². The Balaban J connectivity index is 1.39. The molecule has 0 unspecified atom stereocenters. The third-order valence-corrected chi connectivity index (χ3v) is 7.64. The lowest BCUT2D eigenvalue weighted by Crippen LogP contribution is -2.42. The van der Waals surface area contributed by atoms with Gasteiger partial charge in [-0.25, -0.2) is 0 Å². The van der Waals surface area contributed by atoms with Gasteiger partial charge in [0.2, 0.25) is 0 Å². The number of carbonyl (C=O) groups is 1. The monoisotopic (exact) mass is 496 g/mol. The first kappa shape index (κ1) is 25.6. The number of ether oxygens (including phenoxy) is 3. The highest BCUT2D eigenvalue weighted by molar-refractivity contribution is 5.83. The highest BCUT2D eigenvalue weighted by Crippen LogP contribution is 2.46. The van der Waals surface area contributed by atoms with Crippen LogP contribution in [0.25, 0.3) is 0 Å². The molecule has 3 aromatic carbocycles. The molecule has 3 aromatic rings. The van der Waals surface area contributed by atoms with Gasteiger partial charge in [-0.3, -0.25) is 4.79 Å². The van der Waals surface area contributed by atoms with Crippen molar-refractivity contribution >= 4 is 5.78 Å². The van der Waals surface area contributed by atoms with Crippen LogP contribution in [0.2, 0.25) is 0 Å². The Hall–Kier alpha value is -3.05. The van der Waals surface area contributed by atoms with E-state index in [9.17, 15) is 4.79 Å². The maximum atomic E-state index is 13.3. The predicted molar refractivity (Wildman–Crippen MR) is 145 cm³/mol. The molecule has 2 aliphatic carbocycles. The van der Waals surface area contributed by atoms with Crippen LogP contribution in [0.4, 0.5) is 0 Å². The third-order valence-electron chi connectivity index (χ3n) is 7.64. The maximum absolute atomic E-state index is 13.3. The molecule has 0 heterocycles. The molecule has 2 aliphatic rings. The molecule has 0 radical (unpaired) electrons. The minimum absolute atomic E-state index is 0.103. The molecular formula is C33H36O4.